The van der Waals surface area contributed by atoms with E-state index in [4.69, 9.17) is 5.73 Å². The third kappa shape index (κ3) is 1.54. The molecule has 1 aliphatic rings. The fraction of sp³-hybridized carbons (Fsp3) is 0.667. The number of hydrogen-bond acceptors (Lipinski definition) is 3. The molecule has 0 aromatic heterocycles. The van der Waals surface area contributed by atoms with Crippen molar-refractivity contribution in [3.05, 3.63) is 0 Å². The van der Waals surface area contributed by atoms with E-state index < -0.39 is 11.7 Å². The van der Waals surface area contributed by atoms with Crippen molar-refractivity contribution in [1.29, 1.82) is 0 Å². The van der Waals surface area contributed by atoms with Gasteiger partial charge in [0.1, 0.15) is 0 Å². The second kappa shape index (κ2) is 2.79. The van der Waals surface area contributed by atoms with Gasteiger partial charge in [0, 0.05) is 0 Å². The van der Waals surface area contributed by atoms with E-state index in [-0.39, 0.29) is 6.54 Å². The number of nitrogens with two attached hydrogens (primary N) is 1. The lowest BCUT2D eigenvalue weighted by molar-refractivity contribution is -0.137. The van der Waals surface area contributed by atoms with Gasteiger partial charge < -0.3 is 5.73 Å². The molecule has 1 aliphatic heterocycles. The number of Topliss-reactive ketones (excluding diaryl/α,β-unsaturated/α-hetero) is 1. The van der Waals surface area contributed by atoms with Crippen molar-refractivity contribution < 1.29 is 9.59 Å². The molecule has 0 atom stereocenters. The lowest BCUT2D eigenvalue weighted by atomic mass is 10.2. The van der Waals surface area contributed by atoms with Crippen molar-refractivity contribution in [2.75, 3.05) is 19.6 Å². The molecule has 10 heavy (non-hydrogen) atoms. The second-order valence-corrected chi connectivity index (χ2v) is 2.42. The summed E-state index contributed by atoms with van der Waals surface area (Å²) in [5.74, 6) is -1.31. The number of ketones is 1. The summed E-state index contributed by atoms with van der Waals surface area (Å²) in [5, 5.41) is 0. The summed E-state index contributed by atoms with van der Waals surface area (Å²) in [4.78, 5) is 22.7. The van der Waals surface area contributed by atoms with Gasteiger partial charge in [-0.2, -0.15) is 0 Å². The maximum Gasteiger partial charge on any atom is 0.286 e. The van der Waals surface area contributed by atoms with Gasteiger partial charge >= 0.3 is 0 Å². The lowest BCUT2D eigenvalue weighted by Crippen LogP contribution is -2.43. The van der Waals surface area contributed by atoms with Crippen LogP contribution in [-0.4, -0.2) is 36.2 Å². The van der Waals surface area contributed by atoms with Crippen LogP contribution in [0.2, 0.25) is 0 Å². The number of primary amides is 1. The van der Waals surface area contributed by atoms with Crippen LogP contribution in [0.1, 0.15) is 6.42 Å². The van der Waals surface area contributed by atoms with Crippen LogP contribution in [-0.2, 0) is 9.59 Å². The Balaban J connectivity index is 2.23. The number of likely N-dealkylation sites (tertiary alicyclic amines) is 1. The molecule has 0 spiro atoms. The van der Waals surface area contributed by atoms with Crippen LogP contribution in [0, 0.1) is 0 Å². The zero-order chi connectivity index (χ0) is 7.56. The van der Waals surface area contributed by atoms with Crippen LogP contribution in [0.15, 0.2) is 0 Å². The summed E-state index contributed by atoms with van der Waals surface area (Å²) >= 11 is 0. The van der Waals surface area contributed by atoms with E-state index in [1.165, 1.54) is 0 Å². The highest BCUT2D eigenvalue weighted by molar-refractivity contribution is 6.36. The van der Waals surface area contributed by atoms with E-state index >= 15 is 0 Å². The van der Waals surface area contributed by atoms with Crippen molar-refractivity contribution in [3.63, 3.8) is 0 Å². The number of rotatable bonds is 3. The molecule has 1 amide bonds. The first kappa shape index (κ1) is 7.21. The Labute approximate surface area is 59.0 Å². The molecular weight excluding hydrogens is 132 g/mol. The second-order valence-electron chi connectivity index (χ2n) is 2.42. The highest BCUT2D eigenvalue weighted by Gasteiger charge is 2.19. The van der Waals surface area contributed by atoms with Gasteiger partial charge in [-0.05, 0) is 19.5 Å². The molecule has 0 aromatic carbocycles. The van der Waals surface area contributed by atoms with Gasteiger partial charge in [0.2, 0.25) is 5.78 Å². The molecule has 4 nitrogen and oxygen atoms in total. The van der Waals surface area contributed by atoms with E-state index in [9.17, 15) is 9.59 Å². The average Bonchev–Trinajstić information content (AvgIpc) is 1.77. The van der Waals surface area contributed by atoms with E-state index in [1.54, 1.807) is 0 Å². The molecule has 2 N–H and O–H groups in total. The minimum atomic E-state index is -0.827. The van der Waals surface area contributed by atoms with Gasteiger partial charge in [0.15, 0.2) is 0 Å². The Bertz CT molecular complexity index is 163. The summed E-state index contributed by atoms with van der Waals surface area (Å²) < 4.78 is 0. The van der Waals surface area contributed by atoms with Gasteiger partial charge in [-0.3, -0.25) is 14.5 Å². The van der Waals surface area contributed by atoms with Crippen molar-refractivity contribution in [2.45, 2.75) is 6.42 Å². The average molecular weight is 142 g/mol. The monoisotopic (exact) mass is 142 g/mol. The quantitative estimate of drug-likeness (QED) is 0.500. The third-order valence-corrected chi connectivity index (χ3v) is 1.59. The Kier molecular flexibility index (Phi) is 2.01. The number of nitrogens with zero attached hydrogens (tertiary/aromatic N) is 1. The molecule has 0 radical (unpaired) electrons. The summed E-state index contributed by atoms with van der Waals surface area (Å²) in [7, 11) is 0. The summed E-state index contributed by atoms with van der Waals surface area (Å²) in [6, 6.07) is 0. The molecule has 4 heteroatoms. The highest BCUT2D eigenvalue weighted by atomic mass is 16.2. The fourth-order valence-electron chi connectivity index (χ4n) is 0.821. The zero-order valence-electron chi connectivity index (χ0n) is 5.67. The molecule has 0 saturated carbocycles. The molecular formula is C6H10N2O2. The first-order chi connectivity index (χ1) is 4.70. The van der Waals surface area contributed by atoms with Crippen molar-refractivity contribution in [1.82, 2.24) is 4.90 Å². The number of carbonyl (C=O) groups excluding carboxylic acids is 2. The normalized spacial score (nSPS) is 18.0. The Morgan fingerprint density at radius 1 is 1.40 bits per heavy atom. The smallest absolute Gasteiger partial charge is 0.286 e. The van der Waals surface area contributed by atoms with Crippen LogP contribution in [0.25, 0.3) is 0 Å². The molecule has 56 valence electrons. The standard InChI is InChI=1S/C6H10N2O2/c7-6(10)5(9)4-8-2-1-3-8/h1-4H2,(H2,7,10). The predicted molar refractivity (Wildman–Crippen MR) is 35.3 cm³/mol. The van der Waals surface area contributed by atoms with Crippen molar-refractivity contribution >= 4 is 11.7 Å². The minimum Gasteiger partial charge on any atom is -0.363 e. The van der Waals surface area contributed by atoms with Crippen LogP contribution in [0.5, 0.6) is 0 Å². The van der Waals surface area contributed by atoms with Crippen molar-refractivity contribution in [2.24, 2.45) is 5.73 Å². The maximum absolute atomic E-state index is 10.6. The highest BCUT2D eigenvalue weighted by Crippen LogP contribution is 2.03. The summed E-state index contributed by atoms with van der Waals surface area (Å²) in [6.45, 7) is 2.04. The Morgan fingerprint density at radius 3 is 2.30 bits per heavy atom. The van der Waals surface area contributed by atoms with E-state index in [2.05, 4.69) is 0 Å². The molecule has 0 aliphatic carbocycles. The molecule has 1 fully saturated rings. The van der Waals surface area contributed by atoms with E-state index in [0.29, 0.717) is 0 Å². The van der Waals surface area contributed by atoms with Gasteiger partial charge in [-0.1, -0.05) is 0 Å². The molecule has 1 heterocycles. The fourth-order valence-corrected chi connectivity index (χ4v) is 0.821. The molecule has 0 bridgehead atoms. The lowest BCUT2D eigenvalue weighted by Gasteiger charge is -2.29. The first-order valence-electron chi connectivity index (χ1n) is 3.25. The van der Waals surface area contributed by atoms with Crippen LogP contribution < -0.4 is 5.73 Å². The van der Waals surface area contributed by atoms with Crippen LogP contribution in [0.4, 0.5) is 0 Å². The van der Waals surface area contributed by atoms with E-state index in [0.717, 1.165) is 19.5 Å². The predicted octanol–water partition coefficient (Wildman–Crippen LogP) is -1.25. The number of amides is 1. The minimum absolute atomic E-state index is 0.204. The largest absolute Gasteiger partial charge is 0.363 e. The van der Waals surface area contributed by atoms with Crippen LogP contribution >= 0.6 is 0 Å². The van der Waals surface area contributed by atoms with Gasteiger partial charge in [0.05, 0.1) is 6.54 Å². The molecule has 1 saturated heterocycles. The maximum atomic E-state index is 10.6. The number of carbonyl (C=O) groups is 2. The summed E-state index contributed by atoms with van der Waals surface area (Å²) in [5.41, 5.74) is 4.75. The summed E-state index contributed by atoms with van der Waals surface area (Å²) in [6.07, 6.45) is 1.12. The van der Waals surface area contributed by atoms with Crippen LogP contribution in [0.3, 0.4) is 0 Å². The third-order valence-electron chi connectivity index (χ3n) is 1.59. The van der Waals surface area contributed by atoms with E-state index in [1.807, 2.05) is 4.90 Å². The zero-order valence-corrected chi connectivity index (χ0v) is 5.67. The SMILES string of the molecule is NC(=O)C(=O)CN1CCC1. The number of hydrogen-bond donors (Lipinski definition) is 1. The van der Waals surface area contributed by atoms with Gasteiger partial charge in [0.25, 0.3) is 5.91 Å². The first-order valence-corrected chi connectivity index (χ1v) is 3.25. The van der Waals surface area contributed by atoms with Gasteiger partial charge in [-0.25, -0.2) is 0 Å². The Hall–Kier alpha value is -0.900. The molecule has 1 rings (SSSR count). The molecule has 0 unspecified atom stereocenters. The van der Waals surface area contributed by atoms with Gasteiger partial charge in [-0.15, -0.1) is 0 Å². The molecule has 0 aromatic rings. The Morgan fingerprint density at radius 2 is 2.00 bits per heavy atom. The topological polar surface area (TPSA) is 63.4 Å². The van der Waals surface area contributed by atoms with Crippen molar-refractivity contribution in [3.8, 4) is 0 Å².